The summed E-state index contributed by atoms with van der Waals surface area (Å²) in [6, 6.07) is 0. The van der Waals surface area contributed by atoms with E-state index in [2.05, 4.69) is 6.92 Å². The van der Waals surface area contributed by atoms with E-state index >= 15 is 0 Å². The Labute approximate surface area is 74.3 Å². The van der Waals surface area contributed by atoms with Gasteiger partial charge < -0.3 is 4.74 Å². The minimum atomic E-state index is -0.125. The predicted molar refractivity (Wildman–Crippen MR) is 47.8 cm³/mol. The van der Waals surface area contributed by atoms with Gasteiger partial charge >= 0.3 is 5.97 Å². The lowest BCUT2D eigenvalue weighted by molar-refractivity contribution is -0.150. The molecule has 0 heterocycles. The van der Waals surface area contributed by atoms with Crippen molar-refractivity contribution in [2.24, 2.45) is 5.92 Å². The molecule has 1 aliphatic carbocycles. The average Bonchev–Trinajstić information content (AvgIpc) is 2.04. The molecule has 0 N–H and O–H groups in total. The van der Waals surface area contributed by atoms with E-state index in [9.17, 15) is 4.79 Å². The van der Waals surface area contributed by atoms with Gasteiger partial charge in [0.15, 0.2) is 0 Å². The lowest BCUT2D eigenvalue weighted by Crippen LogP contribution is -2.28. The maximum absolute atomic E-state index is 10.8. The molecule has 2 nitrogen and oxygen atoms in total. The highest BCUT2D eigenvalue weighted by molar-refractivity contribution is 5.66. The van der Waals surface area contributed by atoms with Crippen LogP contribution in [0.1, 0.15) is 46.0 Å². The summed E-state index contributed by atoms with van der Waals surface area (Å²) in [7, 11) is 0. The van der Waals surface area contributed by atoms with Gasteiger partial charge in [0.25, 0.3) is 0 Å². The van der Waals surface area contributed by atoms with E-state index in [1.807, 2.05) is 0 Å². The first-order valence-corrected chi connectivity index (χ1v) is 4.91. The largest absolute Gasteiger partial charge is 0.462 e. The summed E-state index contributed by atoms with van der Waals surface area (Å²) < 4.78 is 5.26. The smallest absolute Gasteiger partial charge is 0.302 e. The lowest BCUT2D eigenvalue weighted by atomic mass is 9.85. The Morgan fingerprint density at radius 3 is 2.67 bits per heavy atom. The SMILES string of the molecule is CCC1CCCCC1OC(C)=O. The van der Waals surface area contributed by atoms with Gasteiger partial charge in [-0.3, -0.25) is 4.79 Å². The fourth-order valence-corrected chi connectivity index (χ4v) is 2.01. The third-order valence-electron chi connectivity index (χ3n) is 2.68. The molecule has 1 saturated carbocycles. The van der Waals surface area contributed by atoms with Gasteiger partial charge in [0.05, 0.1) is 0 Å². The summed E-state index contributed by atoms with van der Waals surface area (Å²) in [5.74, 6) is 0.489. The quantitative estimate of drug-likeness (QED) is 0.595. The molecule has 2 unspecified atom stereocenters. The summed E-state index contributed by atoms with van der Waals surface area (Å²) in [5, 5.41) is 0. The van der Waals surface area contributed by atoms with Gasteiger partial charge in [-0.25, -0.2) is 0 Å². The van der Waals surface area contributed by atoms with E-state index in [-0.39, 0.29) is 12.1 Å². The van der Waals surface area contributed by atoms with Crippen LogP contribution in [0.15, 0.2) is 0 Å². The van der Waals surface area contributed by atoms with E-state index in [1.165, 1.54) is 26.2 Å². The van der Waals surface area contributed by atoms with E-state index in [0.29, 0.717) is 5.92 Å². The molecule has 70 valence electrons. The van der Waals surface area contributed by atoms with E-state index < -0.39 is 0 Å². The summed E-state index contributed by atoms with van der Waals surface area (Å²) in [6.45, 7) is 3.67. The average molecular weight is 170 g/mol. The number of carbonyl (C=O) groups is 1. The molecule has 12 heavy (non-hydrogen) atoms. The zero-order valence-corrected chi connectivity index (χ0v) is 8.01. The Hall–Kier alpha value is -0.530. The molecule has 0 aromatic carbocycles. The van der Waals surface area contributed by atoms with Crippen LogP contribution in [0.4, 0.5) is 0 Å². The first-order chi connectivity index (χ1) is 5.74. The van der Waals surface area contributed by atoms with Gasteiger partial charge in [0.2, 0.25) is 0 Å². The molecule has 0 aliphatic heterocycles. The van der Waals surface area contributed by atoms with Gasteiger partial charge in [-0.1, -0.05) is 13.3 Å². The molecule has 1 rings (SSSR count). The second-order valence-electron chi connectivity index (χ2n) is 3.60. The van der Waals surface area contributed by atoms with Crippen LogP contribution in [-0.2, 0) is 9.53 Å². The maximum Gasteiger partial charge on any atom is 0.302 e. The number of hydrogen-bond donors (Lipinski definition) is 0. The minimum absolute atomic E-state index is 0.125. The fourth-order valence-electron chi connectivity index (χ4n) is 2.01. The normalized spacial score (nSPS) is 29.8. The summed E-state index contributed by atoms with van der Waals surface area (Å²) in [6.07, 6.45) is 6.16. The zero-order valence-electron chi connectivity index (χ0n) is 8.01. The van der Waals surface area contributed by atoms with Crippen molar-refractivity contribution in [1.82, 2.24) is 0 Å². The molecule has 0 aromatic heterocycles. The number of hydrogen-bond acceptors (Lipinski definition) is 2. The third kappa shape index (κ3) is 2.50. The molecule has 0 radical (unpaired) electrons. The van der Waals surface area contributed by atoms with Crippen molar-refractivity contribution in [1.29, 1.82) is 0 Å². The predicted octanol–water partition coefficient (Wildman–Crippen LogP) is 2.52. The number of rotatable bonds is 2. The third-order valence-corrected chi connectivity index (χ3v) is 2.68. The summed E-state index contributed by atoms with van der Waals surface area (Å²) in [4.78, 5) is 10.8. The van der Waals surface area contributed by atoms with Crippen LogP contribution in [0, 0.1) is 5.92 Å². The van der Waals surface area contributed by atoms with E-state index in [4.69, 9.17) is 4.74 Å². The first-order valence-electron chi connectivity index (χ1n) is 4.91. The molecular weight excluding hydrogens is 152 g/mol. The Balaban J connectivity index is 2.41. The first kappa shape index (κ1) is 9.56. The highest BCUT2D eigenvalue weighted by Gasteiger charge is 2.25. The van der Waals surface area contributed by atoms with Crippen LogP contribution in [-0.4, -0.2) is 12.1 Å². The summed E-state index contributed by atoms with van der Waals surface area (Å²) >= 11 is 0. The van der Waals surface area contributed by atoms with Crippen molar-refractivity contribution in [2.45, 2.75) is 52.1 Å². The van der Waals surface area contributed by atoms with Crippen molar-refractivity contribution in [2.75, 3.05) is 0 Å². The maximum atomic E-state index is 10.8. The molecule has 0 spiro atoms. The zero-order chi connectivity index (χ0) is 8.97. The second kappa shape index (κ2) is 4.48. The van der Waals surface area contributed by atoms with Gasteiger partial charge in [-0.2, -0.15) is 0 Å². The monoisotopic (exact) mass is 170 g/mol. The van der Waals surface area contributed by atoms with Crippen molar-refractivity contribution in [3.05, 3.63) is 0 Å². The molecule has 0 saturated heterocycles. The molecule has 2 atom stereocenters. The Morgan fingerprint density at radius 2 is 2.08 bits per heavy atom. The van der Waals surface area contributed by atoms with Gasteiger partial charge in [0.1, 0.15) is 6.10 Å². The highest BCUT2D eigenvalue weighted by Crippen LogP contribution is 2.28. The topological polar surface area (TPSA) is 26.3 Å². The molecule has 0 amide bonds. The molecule has 0 aromatic rings. The Bertz CT molecular complexity index is 154. The molecule has 0 bridgehead atoms. The number of ether oxygens (including phenoxy) is 1. The Kier molecular flexibility index (Phi) is 3.57. The van der Waals surface area contributed by atoms with Crippen LogP contribution in [0.25, 0.3) is 0 Å². The van der Waals surface area contributed by atoms with Gasteiger partial charge in [-0.15, -0.1) is 0 Å². The van der Waals surface area contributed by atoms with Crippen molar-refractivity contribution in [3.63, 3.8) is 0 Å². The van der Waals surface area contributed by atoms with Crippen LogP contribution >= 0.6 is 0 Å². The van der Waals surface area contributed by atoms with Crippen LogP contribution in [0.5, 0.6) is 0 Å². The van der Waals surface area contributed by atoms with E-state index in [0.717, 1.165) is 12.8 Å². The molecule has 2 heteroatoms. The fraction of sp³-hybridized carbons (Fsp3) is 0.900. The van der Waals surface area contributed by atoms with Crippen LogP contribution in [0.3, 0.4) is 0 Å². The minimum Gasteiger partial charge on any atom is -0.462 e. The van der Waals surface area contributed by atoms with Crippen molar-refractivity contribution >= 4 is 5.97 Å². The Morgan fingerprint density at radius 1 is 1.42 bits per heavy atom. The highest BCUT2D eigenvalue weighted by atomic mass is 16.5. The van der Waals surface area contributed by atoms with Crippen LogP contribution < -0.4 is 0 Å². The standard InChI is InChI=1S/C10H18O2/c1-3-9-6-4-5-7-10(9)12-8(2)11/h9-10H,3-7H2,1-2H3. The molecular formula is C10H18O2. The van der Waals surface area contributed by atoms with Gasteiger partial charge in [0, 0.05) is 6.92 Å². The number of carbonyl (C=O) groups excluding carboxylic acids is 1. The summed E-state index contributed by atoms with van der Waals surface area (Å²) in [5.41, 5.74) is 0. The van der Waals surface area contributed by atoms with Crippen molar-refractivity contribution in [3.8, 4) is 0 Å². The van der Waals surface area contributed by atoms with Gasteiger partial charge in [-0.05, 0) is 31.6 Å². The number of esters is 1. The van der Waals surface area contributed by atoms with E-state index in [1.54, 1.807) is 0 Å². The van der Waals surface area contributed by atoms with Crippen molar-refractivity contribution < 1.29 is 9.53 Å². The molecule has 1 aliphatic rings. The van der Waals surface area contributed by atoms with Crippen LogP contribution in [0.2, 0.25) is 0 Å². The molecule has 1 fully saturated rings. The second-order valence-corrected chi connectivity index (χ2v) is 3.60. The lowest BCUT2D eigenvalue weighted by Gasteiger charge is -2.29.